The van der Waals surface area contributed by atoms with Gasteiger partial charge in [-0.05, 0) is 18.2 Å². The van der Waals surface area contributed by atoms with E-state index in [0.717, 1.165) is 0 Å². The van der Waals surface area contributed by atoms with Crippen molar-refractivity contribution in [3.63, 3.8) is 0 Å². The van der Waals surface area contributed by atoms with E-state index in [2.05, 4.69) is 4.98 Å². The molecule has 0 aliphatic rings. The van der Waals surface area contributed by atoms with Crippen LogP contribution in [0.2, 0.25) is 0 Å². The lowest BCUT2D eigenvalue weighted by atomic mass is 10.2. The Labute approximate surface area is 82.9 Å². The molecule has 0 aliphatic carbocycles. The van der Waals surface area contributed by atoms with Crippen LogP contribution in [0.15, 0.2) is 46.0 Å². The minimum atomic E-state index is -1.97. The van der Waals surface area contributed by atoms with Gasteiger partial charge >= 0.3 is 0 Å². The molecule has 1 unspecified atom stereocenters. The quantitative estimate of drug-likeness (QED) is 0.767. The molecule has 1 N–H and O–H groups in total. The summed E-state index contributed by atoms with van der Waals surface area (Å²) >= 11 is -1.97. The highest BCUT2D eigenvalue weighted by atomic mass is 32.2. The van der Waals surface area contributed by atoms with Crippen LogP contribution < -0.4 is 0 Å². The molecule has 2 rings (SSSR count). The first-order valence-corrected chi connectivity index (χ1v) is 4.99. The Bertz CT molecular complexity index is 453. The second kappa shape index (κ2) is 3.73. The lowest BCUT2D eigenvalue weighted by Gasteiger charge is -1.97. The van der Waals surface area contributed by atoms with E-state index in [1.165, 1.54) is 12.5 Å². The van der Waals surface area contributed by atoms with E-state index in [1.807, 2.05) is 0 Å². The van der Waals surface area contributed by atoms with Gasteiger partial charge in [0.1, 0.15) is 6.26 Å². The van der Waals surface area contributed by atoms with Crippen molar-refractivity contribution < 1.29 is 13.2 Å². The Balaban J connectivity index is 2.46. The Kier molecular flexibility index (Phi) is 2.43. The van der Waals surface area contributed by atoms with Gasteiger partial charge < -0.3 is 8.97 Å². The van der Waals surface area contributed by atoms with Crippen LogP contribution in [0.3, 0.4) is 0 Å². The van der Waals surface area contributed by atoms with Crippen LogP contribution in [0, 0.1) is 0 Å². The second-order valence-corrected chi connectivity index (χ2v) is 3.58. The summed E-state index contributed by atoms with van der Waals surface area (Å²) in [7, 11) is 0. The SMILES string of the molecule is O=S(O)c1cccc(-c2ncco2)c1. The Hall–Kier alpha value is -1.46. The maximum absolute atomic E-state index is 10.8. The number of aromatic nitrogens is 1. The van der Waals surface area contributed by atoms with Crippen molar-refractivity contribution in [3.05, 3.63) is 36.7 Å². The molecule has 0 bridgehead atoms. The molecule has 0 radical (unpaired) electrons. The summed E-state index contributed by atoms with van der Waals surface area (Å²) in [5, 5.41) is 0. The Morgan fingerprint density at radius 2 is 2.29 bits per heavy atom. The zero-order chi connectivity index (χ0) is 9.97. The fourth-order valence-corrected chi connectivity index (χ4v) is 1.53. The van der Waals surface area contributed by atoms with Crippen molar-refractivity contribution in [2.75, 3.05) is 0 Å². The summed E-state index contributed by atoms with van der Waals surface area (Å²) in [6, 6.07) is 6.59. The number of rotatable bonds is 2. The molecule has 1 heterocycles. The summed E-state index contributed by atoms with van der Waals surface area (Å²) in [6.45, 7) is 0. The maximum Gasteiger partial charge on any atom is 0.225 e. The molecule has 72 valence electrons. The molecule has 1 aromatic carbocycles. The minimum Gasteiger partial charge on any atom is -0.445 e. The van der Waals surface area contributed by atoms with E-state index in [-0.39, 0.29) is 0 Å². The molecule has 1 atom stereocenters. The molecule has 0 spiro atoms. The molecule has 1 aromatic heterocycles. The summed E-state index contributed by atoms with van der Waals surface area (Å²) in [5.41, 5.74) is 0.690. The van der Waals surface area contributed by atoms with Gasteiger partial charge in [-0.2, -0.15) is 0 Å². The predicted molar refractivity (Wildman–Crippen MR) is 51.0 cm³/mol. The average molecular weight is 209 g/mol. The van der Waals surface area contributed by atoms with Crippen molar-refractivity contribution in [1.29, 1.82) is 0 Å². The summed E-state index contributed by atoms with van der Waals surface area (Å²) in [6.07, 6.45) is 2.98. The predicted octanol–water partition coefficient (Wildman–Crippen LogP) is 1.92. The molecular weight excluding hydrogens is 202 g/mol. The van der Waals surface area contributed by atoms with E-state index < -0.39 is 11.1 Å². The van der Waals surface area contributed by atoms with Gasteiger partial charge in [-0.1, -0.05) is 6.07 Å². The number of nitrogens with zero attached hydrogens (tertiary/aromatic N) is 1. The van der Waals surface area contributed by atoms with Crippen LogP contribution in [0.25, 0.3) is 11.5 Å². The summed E-state index contributed by atoms with van der Waals surface area (Å²) in [5.74, 6) is 0.442. The normalized spacial score (nSPS) is 12.6. The highest BCUT2D eigenvalue weighted by Gasteiger charge is 2.05. The zero-order valence-corrected chi connectivity index (χ0v) is 7.90. The fourth-order valence-electron chi connectivity index (χ4n) is 1.10. The highest BCUT2D eigenvalue weighted by Crippen LogP contribution is 2.19. The van der Waals surface area contributed by atoms with Gasteiger partial charge in [-0.15, -0.1) is 0 Å². The van der Waals surface area contributed by atoms with Crippen molar-refractivity contribution >= 4 is 11.1 Å². The van der Waals surface area contributed by atoms with Gasteiger partial charge in [0, 0.05) is 5.56 Å². The Morgan fingerprint density at radius 3 is 2.93 bits per heavy atom. The van der Waals surface area contributed by atoms with Crippen LogP contribution >= 0.6 is 0 Å². The van der Waals surface area contributed by atoms with Crippen LogP contribution in [0.1, 0.15) is 0 Å². The lowest BCUT2D eigenvalue weighted by Crippen LogP contribution is -1.88. The molecule has 2 aromatic rings. The first-order valence-electron chi connectivity index (χ1n) is 3.88. The van der Waals surface area contributed by atoms with E-state index in [4.69, 9.17) is 8.97 Å². The number of benzene rings is 1. The van der Waals surface area contributed by atoms with Gasteiger partial charge in [0.2, 0.25) is 5.89 Å². The number of hydrogen-bond acceptors (Lipinski definition) is 3. The molecule has 0 aliphatic heterocycles. The van der Waals surface area contributed by atoms with Crippen LogP contribution in [-0.2, 0) is 11.1 Å². The van der Waals surface area contributed by atoms with Crippen molar-refractivity contribution in [2.24, 2.45) is 0 Å². The van der Waals surface area contributed by atoms with E-state index in [9.17, 15) is 4.21 Å². The maximum atomic E-state index is 10.8. The minimum absolute atomic E-state index is 0.334. The smallest absolute Gasteiger partial charge is 0.225 e. The topological polar surface area (TPSA) is 63.3 Å². The standard InChI is InChI=1S/C9H7NO3S/c11-14(12)8-3-1-2-7(6-8)9-10-4-5-13-9/h1-6H,(H,11,12). The first-order chi connectivity index (χ1) is 6.77. The van der Waals surface area contributed by atoms with Crippen molar-refractivity contribution in [2.45, 2.75) is 4.90 Å². The van der Waals surface area contributed by atoms with Gasteiger partial charge in [0.25, 0.3) is 0 Å². The molecule has 5 heteroatoms. The van der Waals surface area contributed by atoms with E-state index in [0.29, 0.717) is 16.3 Å². The van der Waals surface area contributed by atoms with Crippen LogP contribution in [0.4, 0.5) is 0 Å². The lowest BCUT2D eigenvalue weighted by molar-refractivity contribution is 0.564. The molecule has 14 heavy (non-hydrogen) atoms. The van der Waals surface area contributed by atoms with Gasteiger partial charge in [0.05, 0.1) is 11.1 Å². The fraction of sp³-hybridized carbons (Fsp3) is 0. The zero-order valence-electron chi connectivity index (χ0n) is 7.08. The van der Waals surface area contributed by atoms with Gasteiger partial charge in [-0.25, -0.2) is 9.19 Å². The summed E-state index contributed by atoms with van der Waals surface area (Å²) in [4.78, 5) is 4.27. The molecular formula is C9H7NO3S. The first kappa shape index (κ1) is 9.11. The number of hydrogen-bond donors (Lipinski definition) is 1. The Morgan fingerprint density at radius 1 is 1.43 bits per heavy atom. The van der Waals surface area contributed by atoms with E-state index in [1.54, 1.807) is 24.3 Å². The van der Waals surface area contributed by atoms with E-state index >= 15 is 0 Å². The van der Waals surface area contributed by atoms with Gasteiger partial charge in [-0.3, -0.25) is 0 Å². The third kappa shape index (κ3) is 1.73. The number of oxazole rings is 1. The molecule has 0 saturated carbocycles. The molecule has 4 nitrogen and oxygen atoms in total. The molecule has 0 fully saturated rings. The van der Waals surface area contributed by atoms with Crippen molar-refractivity contribution in [1.82, 2.24) is 4.98 Å². The summed E-state index contributed by atoms with van der Waals surface area (Å²) < 4.78 is 24.7. The third-order valence-corrected chi connectivity index (χ3v) is 2.37. The average Bonchev–Trinajstić information content (AvgIpc) is 2.71. The highest BCUT2D eigenvalue weighted by molar-refractivity contribution is 7.79. The molecule has 0 saturated heterocycles. The molecule has 0 amide bonds. The van der Waals surface area contributed by atoms with Crippen LogP contribution in [0.5, 0.6) is 0 Å². The third-order valence-electron chi connectivity index (χ3n) is 1.71. The monoisotopic (exact) mass is 209 g/mol. The van der Waals surface area contributed by atoms with Crippen LogP contribution in [-0.4, -0.2) is 13.7 Å². The van der Waals surface area contributed by atoms with Gasteiger partial charge in [0.15, 0.2) is 11.1 Å². The van der Waals surface area contributed by atoms with Crippen molar-refractivity contribution in [3.8, 4) is 11.5 Å². The second-order valence-electron chi connectivity index (χ2n) is 2.61. The largest absolute Gasteiger partial charge is 0.445 e.